The standard InChI is InChI=1S/C24H29N3O2S/c1-16(2)27-21-8-7-20(14-22(21)30-24(27)29)25-23(28)19-9-11-26(12-10-19)15-18-6-4-5-17(3)13-18/h4-8,13-14,16,19H,9-12,15H2,1-3H3,(H,25,28). The van der Waals surface area contributed by atoms with E-state index >= 15 is 0 Å². The van der Waals surface area contributed by atoms with Crippen LogP contribution in [0.15, 0.2) is 47.3 Å². The van der Waals surface area contributed by atoms with E-state index in [0.29, 0.717) is 0 Å². The lowest BCUT2D eigenvalue weighted by atomic mass is 9.95. The van der Waals surface area contributed by atoms with E-state index < -0.39 is 0 Å². The second-order valence-electron chi connectivity index (χ2n) is 8.54. The lowest BCUT2D eigenvalue weighted by molar-refractivity contribution is -0.121. The van der Waals surface area contributed by atoms with E-state index in [1.165, 1.54) is 22.5 Å². The summed E-state index contributed by atoms with van der Waals surface area (Å²) in [5, 5.41) is 3.07. The molecule has 1 aromatic heterocycles. The molecule has 0 spiro atoms. The Balaban J connectivity index is 1.36. The van der Waals surface area contributed by atoms with Crippen molar-refractivity contribution in [1.82, 2.24) is 9.47 Å². The van der Waals surface area contributed by atoms with E-state index in [9.17, 15) is 9.59 Å². The number of carbonyl (C=O) groups excluding carboxylic acids is 1. The summed E-state index contributed by atoms with van der Waals surface area (Å²) in [5.74, 6) is 0.119. The quantitative estimate of drug-likeness (QED) is 0.641. The van der Waals surface area contributed by atoms with Gasteiger partial charge in [-0.1, -0.05) is 41.2 Å². The molecule has 6 heteroatoms. The lowest BCUT2D eigenvalue weighted by Gasteiger charge is -2.31. The third-order valence-electron chi connectivity index (χ3n) is 5.84. The normalized spacial score (nSPS) is 15.7. The summed E-state index contributed by atoms with van der Waals surface area (Å²) < 4.78 is 2.72. The van der Waals surface area contributed by atoms with Crippen molar-refractivity contribution in [3.05, 3.63) is 63.3 Å². The number of hydrogen-bond donors (Lipinski definition) is 1. The Labute approximate surface area is 181 Å². The molecule has 1 amide bonds. The molecule has 2 heterocycles. The molecule has 1 saturated heterocycles. The second kappa shape index (κ2) is 8.74. The molecule has 0 bridgehead atoms. The maximum atomic E-state index is 12.8. The van der Waals surface area contributed by atoms with Crippen LogP contribution >= 0.6 is 11.3 Å². The van der Waals surface area contributed by atoms with Crippen molar-refractivity contribution in [3.63, 3.8) is 0 Å². The number of hydrogen-bond acceptors (Lipinski definition) is 4. The van der Waals surface area contributed by atoms with Crippen molar-refractivity contribution in [2.24, 2.45) is 5.92 Å². The molecule has 1 fully saturated rings. The molecule has 0 radical (unpaired) electrons. The third kappa shape index (κ3) is 4.50. The largest absolute Gasteiger partial charge is 0.326 e. The van der Waals surface area contributed by atoms with Gasteiger partial charge in [-0.05, 0) is 70.5 Å². The zero-order valence-corrected chi connectivity index (χ0v) is 18.7. The number of aromatic nitrogens is 1. The Morgan fingerprint density at radius 3 is 2.63 bits per heavy atom. The lowest BCUT2D eigenvalue weighted by Crippen LogP contribution is -2.37. The SMILES string of the molecule is Cc1cccc(CN2CCC(C(=O)Nc3ccc4c(c3)sc(=O)n4C(C)C)CC2)c1. The van der Waals surface area contributed by atoms with Gasteiger partial charge in [0.2, 0.25) is 5.91 Å². The fourth-order valence-electron chi connectivity index (χ4n) is 4.27. The number of anilines is 1. The zero-order chi connectivity index (χ0) is 21.3. The first-order valence-electron chi connectivity index (χ1n) is 10.6. The zero-order valence-electron chi connectivity index (χ0n) is 17.9. The first kappa shape index (κ1) is 20.8. The Morgan fingerprint density at radius 1 is 1.17 bits per heavy atom. The van der Waals surface area contributed by atoms with Crippen molar-refractivity contribution in [3.8, 4) is 0 Å². The molecular formula is C24H29N3O2S. The molecule has 3 aromatic rings. The molecule has 0 aliphatic carbocycles. The Kier molecular flexibility index (Phi) is 6.06. The van der Waals surface area contributed by atoms with Crippen LogP contribution in [0.25, 0.3) is 10.2 Å². The van der Waals surface area contributed by atoms with Crippen LogP contribution in [-0.4, -0.2) is 28.5 Å². The van der Waals surface area contributed by atoms with Crippen LogP contribution < -0.4 is 10.2 Å². The van der Waals surface area contributed by atoms with Gasteiger partial charge in [-0.15, -0.1) is 0 Å². The first-order chi connectivity index (χ1) is 14.4. The van der Waals surface area contributed by atoms with Gasteiger partial charge in [-0.3, -0.25) is 19.1 Å². The summed E-state index contributed by atoms with van der Waals surface area (Å²) in [6.07, 6.45) is 1.74. The Hall–Kier alpha value is -2.44. The maximum Gasteiger partial charge on any atom is 0.308 e. The smallest absolute Gasteiger partial charge is 0.308 e. The van der Waals surface area contributed by atoms with Crippen molar-refractivity contribution in [1.29, 1.82) is 0 Å². The average Bonchev–Trinajstić information content (AvgIpc) is 3.03. The summed E-state index contributed by atoms with van der Waals surface area (Å²) in [6, 6.07) is 14.5. The number of likely N-dealkylation sites (tertiary alicyclic amines) is 1. The molecule has 158 valence electrons. The first-order valence-corrected chi connectivity index (χ1v) is 11.5. The predicted octanol–water partition coefficient (Wildman–Crippen LogP) is 4.80. The Morgan fingerprint density at radius 2 is 1.93 bits per heavy atom. The van der Waals surface area contributed by atoms with Crippen molar-refractivity contribution >= 4 is 33.1 Å². The van der Waals surface area contributed by atoms with Crippen LogP contribution in [0, 0.1) is 12.8 Å². The minimum atomic E-state index is 0.0356. The van der Waals surface area contributed by atoms with E-state index in [0.717, 1.165) is 48.4 Å². The number of carbonyl (C=O) groups is 1. The average molecular weight is 424 g/mol. The van der Waals surface area contributed by atoms with Gasteiger partial charge in [0.25, 0.3) is 0 Å². The van der Waals surface area contributed by atoms with Gasteiger partial charge in [0.15, 0.2) is 0 Å². The van der Waals surface area contributed by atoms with Crippen LogP contribution in [0.2, 0.25) is 0 Å². The van der Waals surface area contributed by atoms with Crippen LogP contribution in [0.4, 0.5) is 5.69 Å². The number of rotatable bonds is 5. The summed E-state index contributed by atoms with van der Waals surface area (Å²) >= 11 is 1.24. The summed E-state index contributed by atoms with van der Waals surface area (Å²) in [4.78, 5) is 27.5. The molecule has 5 nitrogen and oxygen atoms in total. The third-order valence-corrected chi connectivity index (χ3v) is 6.76. The number of amides is 1. The van der Waals surface area contributed by atoms with Gasteiger partial charge in [-0.25, -0.2) is 0 Å². The van der Waals surface area contributed by atoms with Crippen LogP contribution in [-0.2, 0) is 11.3 Å². The minimum absolute atomic E-state index is 0.0356. The Bertz CT molecular complexity index is 1110. The van der Waals surface area contributed by atoms with Gasteiger partial charge in [0.1, 0.15) is 0 Å². The molecule has 2 aromatic carbocycles. The fraction of sp³-hybridized carbons (Fsp3) is 0.417. The van der Waals surface area contributed by atoms with Crippen molar-refractivity contribution in [2.75, 3.05) is 18.4 Å². The number of piperidine rings is 1. The van der Waals surface area contributed by atoms with Gasteiger partial charge < -0.3 is 5.32 Å². The van der Waals surface area contributed by atoms with Crippen molar-refractivity contribution < 1.29 is 4.79 Å². The van der Waals surface area contributed by atoms with Crippen molar-refractivity contribution in [2.45, 2.75) is 46.2 Å². The number of nitrogens with zero attached hydrogens (tertiary/aromatic N) is 2. The molecule has 30 heavy (non-hydrogen) atoms. The molecule has 1 aliphatic rings. The molecule has 1 N–H and O–H groups in total. The summed E-state index contributed by atoms with van der Waals surface area (Å²) in [7, 11) is 0. The molecule has 4 rings (SSSR count). The maximum absolute atomic E-state index is 12.8. The van der Waals surface area contributed by atoms with Gasteiger partial charge >= 0.3 is 4.87 Å². The second-order valence-corrected chi connectivity index (χ2v) is 9.54. The van der Waals surface area contributed by atoms with E-state index in [-0.39, 0.29) is 22.7 Å². The summed E-state index contributed by atoms with van der Waals surface area (Å²) in [5.41, 5.74) is 4.32. The molecule has 0 unspecified atom stereocenters. The molecule has 0 saturated carbocycles. The highest BCUT2D eigenvalue weighted by Crippen LogP contribution is 2.26. The van der Waals surface area contributed by atoms with Gasteiger partial charge in [0, 0.05) is 24.2 Å². The van der Waals surface area contributed by atoms with Gasteiger partial charge in [-0.2, -0.15) is 0 Å². The highest BCUT2D eigenvalue weighted by atomic mass is 32.1. The van der Waals surface area contributed by atoms with Gasteiger partial charge in [0.05, 0.1) is 10.2 Å². The van der Waals surface area contributed by atoms with E-state index in [1.807, 2.05) is 32.0 Å². The summed E-state index contributed by atoms with van der Waals surface area (Å²) in [6.45, 7) is 8.95. The van der Waals surface area contributed by atoms with E-state index in [1.54, 1.807) is 4.57 Å². The monoisotopic (exact) mass is 423 g/mol. The van der Waals surface area contributed by atoms with Crippen LogP contribution in [0.5, 0.6) is 0 Å². The number of benzene rings is 2. The number of aryl methyl sites for hydroxylation is 1. The predicted molar refractivity (Wildman–Crippen MR) is 124 cm³/mol. The number of fused-ring (bicyclic) bond motifs is 1. The fourth-order valence-corrected chi connectivity index (χ4v) is 5.32. The van der Waals surface area contributed by atoms with Crippen LogP contribution in [0.3, 0.4) is 0 Å². The topological polar surface area (TPSA) is 54.3 Å². The molecular weight excluding hydrogens is 394 g/mol. The highest BCUT2D eigenvalue weighted by Gasteiger charge is 2.25. The van der Waals surface area contributed by atoms with Crippen LogP contribution in [0.1, 0.15) is 43.9 Å². The minimum Gasteiger partial charge on any atom is -0.326 e. The van der Waals surface area contributed by atoms with E-state index in [2.05, 4.69) is 41.4 Å². The number of nitrogens with one attached hydrogen (secondary N) is 1. The number of thiazole rings is 1. The van der Waals surface area contributed by atoms with E-state index in [4.69, 9.17) is 0 Å². The highest BCUT2D eigenvalue weighted by molar-refractivity contribution is 7.16. The molecule has 1 aliphatic heterocycles. The molecule has 0 atom stereocenters.